The van der Waals surface area contributed by atoms with E-state index in [1.165, 1.54) is 5.56 Å². The van der Waals surface area contributed by atoms with Crippen molar-refractivity contribution in [2.75, 3.05) is 20.3 Å². The summed E-state index contributed by atoms with van der Waals surface area (Å²) in [5, 5.41) is 3.97. The summed E-state index contributed by atoms with van der Waals surface area (Å²) in [6, 6.07) is 2.05. The van der Waals surface area contributed by atoms with Crippen LogP contribution in [0.15, 0.2) is 21.3 Å². The van der Waals surface area contributed by atoms with E-state index in [0.29, 0.717) is 31.3 Å². The first-order chi connectivity index (χ1) is 9.85. The van der Waals surface area contributed by atoms with Gasteiger partial charge in [0.2, 0.25) is 5.89 Å². The van der Waals surface area contributed by atoms with Gasteiger partial charge in [-0.25, -0.2) is 0 Å². The Morgan fingerprint density at radius 2 is 2.40 bits per heavy atom. The highest BCUT2D eigenvalue weighted by Gasteiger charge is 2.18. The van der Waals surface area contributed by atoms with Crippen molar-refractivity contribution in [2.45, 2.75) is 32.4 Å². The second-order valence-electron chi connectivity index (χ2n) is 5.03. The number of aromatic nitrogens is 2. The molecule has 6 nitrogen and oxygen atoms in total. The van der Waals surface area contributed by atoms with Crippen molar-refractivity contribution < 1.29 is 13.7 Å². The Morgan fingerprint density at radius 1 is 1.45 bits per heavy atom. The van der Waals surface area contributed by atoms with Crippen LogP contribution in [0.25, 0.3) is 0 Å². The van der Waals surface area contributed by atoms with E-state index in [1.54, 1.807) is 13.4 Å². The summed E-state index contributed by atoms with van der Waals surface area (Å²) in [5.41, 5.74) is 1.27. The molecule has 0 saturated heterocycles. The Morgan fingerprint density at radius 3 is 3.30 bits per heavy atom. The number of hydrogen-bond acceptors (Lipinski definition) is 6. The van der Waals surface area contributed by atoms with Crippen LogP contribution >= 0.6 is 0 Å². The molecule has 2 aromatic rings. The van der Waals surface area contributed by atoms with Gasteiger partial charge < -0.3 is 13.7 Å². The van der Waals surface area contributed by atoms with Gasteiger partial charge in [-0.05, 0) is 19.0 Å². The summed E-state index contributed by atoms with van der Waals surface area (Å²) in [6.45, 7) is 3.19. The molecule has 0 aromatic carbocycles. The fraction of sp³-hybridized carbons (Fsp3) is 0.571. The molecule has 1 aliphatic heterocycles. The van der Waals surface area contributed by atoms with Crippen molar-refractivity contribution in [2.24, 2.45) is 0 Å². The Labute approximate surface area is 117 Å². The fourth-order valence-corrected chi connectivity index (χ4v) is 2.49. The molecule has 0 fully saturated rings. The number of hydrogen-bond donors (Lipinski definition) is 0. The maximum absolute atomic E-state index is 5.49. The lowest BCUT2D eigenvalue weighted by molar-refractivity contribution is 0.199. The third-order valence-corrected chi connectivity index (χ3v) is 3.51. The normalized spacial score (nSPS) is 16.1. The summed E-state index contributed by atoms with van der Waals surface area (Å²) in [4.78, 5) is 6.71. The number of furan rings is 1. The minimum atomic E-state index is 0.612. The smallest absolute Gasteiger partial charge is 0.240 e. The maximum Gasteiger partial charge on any atom is 0.240 e. The van der Waals surface area contributed by atoms with E-state index in [1.807, 2.05) is 6.07 Å². The van der Waals surface area contributed by atoms with Crippen molar-refractivity contribution in [1.82, 2.24) is 15.0 Å². The summed E-state index contributed by atoms with van der Waals surface area (Å²) < 4.78 is 15.8. The molecule has 20 heavy (non-hydrogen) atoms. The van der Waals surface area contributed by atoms with Crippen molar-refractivity contribution in [3.05, 3.63) is 35.4 Å². The number of fused-ring (bicyclic) bond motifs is 1. The highest BCUT2D eigenvalue weighted by atomic mass is 16.5. The summed E-state index contributed by atoms with van der Waals surface area (Å²) in [5.74, 6) is 2.49. The van der Waals surface area contributed by atoms with Crippen molar-refractivity contribution in [1.29, 1.82) is 0 Å². The van der Waals surface area contributed by atoms with Gasteiger partial charge in [-0.3, -0.25) is 4.90 Å². The summed E-state index contributed by atoms with van der Waals surface area (Å²) in [7, 11) is 1.67. The third kappa shape index (κ3) is 3.08. The van der Waals surface area contributed by atoms with Crippen LogP contribution in [-0.4, -0.2) is 35.3 Å². The van der Waals surface area contributed by atoms with Gasteiger partial charge >= 0.3 is 0 Å². The first-order valence-electron chi connectivity index (χ1n) is 6.93. The molecule has 108 valence electrons. The number of aryl methyl sites for hydroxylation is 1. The summed E-state index contributed by atoms with van der Waals surface area (Å²) in [6.07, 6.45) is 4.54. The number of methoxy groups -OCH3 is 1. The molecule has 0 aliphatic carbocycles. The Hall–Kier alpha value is -1.66. The minimum absolute atomic E-state index is 0.612. The van der Waals surface area contributed by atoms with Gasteiger partial charge in [-0.1, -0.05) is 5.16 Å². The zero-order valence-corrected chi connectivity index (χ0v) is 11.7. The van der Waals surface area contributed by atoms with Gasteiger partial charge in [-0.2, -0.15) is 4.98 Å². The topological polar surface area (TPSA) is 64.5 Å². The molecule has 0 N–H and O–H groups in total. The van der Waals surface area contributed by atoms with Crippen molar-refractivity contribution in [3.63, 3.8) is 0 Å². The van der Waals surface area contributed by atoms with Gasteiger partial charge in [-0.15, -0.1) is 0 Å². The average molecular weight is 277 g/mol. The van der Waals surface area contributed by atoms with Gasteiger partial charge in [0.05, 0.1) is 19.4 Å². The predicted octanol–water partition coefficient (Wildman–Crippen LogP) is 1.80. The van der Waals surface area contributed by atoms with Crippen LogP contribution in [0.4, 0.5) is 0 Å². The molecular formula is C14H19N3O3. The second-order valence-corrected chi connectivity index (χ2v) is 5.03. The Balaban J connectivity index is 1.61. The lowest BCUT2D eigenvalue weighted by Crippen LogP contribution is -2.22. The molecule has 3 rings (SSSR count). The number of nitrogens with zero attached hydrogens (tertiary/aromatic N) is 3. The van der Waals surface area contributed by atoms with E-state index in [4.69, 9.17) is 13.7 Å². The number of ether oxygens (including phenoxy) is 1. The van der Waals surface area contributed by atoms with E-state index < -0.39 is 0 Å². The van der Waals surface area contributed by atoms with Gasteiger partial charge in [0.25, 0.3) is 0 Å². The summed E-state index contributed by atoms with van der Waals surface area (Å²) >= 11 is 0. The molecule has 3 heterocycles. The molecule has 0 bridgehead atoms. The van der Waals surface area contributed by atoms with Crippen LogP contribution in [0.2, 0.25) is 0 Å². The highest BCUT2D eigenvalue weighted by molar-refractivity contribution is 5.18. The zero-order valence-electron chi connectivity index (χ0n) is 11.7. The first-order valence-corrected chi connectivity index (χ1v) is 6.93. The average Bonchev–Trinajstić information content (AvgIpc) is 3.03. The zero-order chi connectivity index (χ0) is 13.8. The molecule has 2 aromatic heterocycles. The molecular weight excluding hydrogens is 258 g/mol. The molecule has 6 heteroatoms. The highest BCUT2D eigenvalue weighted by Crippen LogP contribution is 2.20. The van der Waals surface area contributed by atoms with Gasteiger partial charge in [0.1, 0.15) is 5.76 Å². The van der Waals surface area contributed by atoms with Crippen LogP contribution in [-0.2, 0) is 30.7 Å². The molecule has 0 amide bonds. The monoisotopic (exact) mass is 277 g/mol. The van der Waals surface area contributed by atoms with Crippen LogP contribution in [0.5, 0.6) is 0 Å². The predicted molar refractivity (Wildman–Crippen MR) is 71.0 cm³/mol. The second kappa shape index (κ2) is 6.19. The van der Waals surface area contributed by atoms with E-state index in [9.17, 15) is 0 Å². The molecule has 1 aliphatic rings. The number of rotatable bonds is 5. The van der Waals surface area contributed by atoms with E-state index in [-0.39, 0.29) is 0 Å². The molecule has 0 spiro atoms. The first kappa shape index (κ1) is 13.3. The largest absolute Gasteiger partial charge is 0.469 e. The van der Waals surface area contributed by atoms with E-state index in [2.05, 4.69) is 15.0 Å². The fourth-order valence-electron chi connectivity index (χ4n) is 2.49. The van der Waals surface area contributed by atoms with Crippen LogP contribution < -0.4 is 0 Å². The Bertz CT molecular complexity index is 549. The lowest BCUT2D eigenvalue weighted by Gasteiger charge is -2.16. The van der Waals surface area contributed by atoms with Gasteiger partial charge in [0, 0.05) is 32.1 Å². The Kier molecular flexibility index (Phi) is 4.13. The molecule has 0 saturated carbocycles. The van der Waals surface area contributed by atoms with Gasteiger partial charge in [0.15, 0.2) is 5.82 Å². The lowest BCUT2D eigenvalue weighted by atomic mass is 10.2. The van der Waals surface area contributed by atoms with Crippen LogP contribution in [0, 0.1) is 0 Å². The molecule has 0 unspecified atom stereocenters. The minimum Gasteiger partial charge on any atom is -0.469 e. The van der Waals surface area contributed by atoms with Crippen LogP contribution in [0.3, 0.4) is 0 Å². The van der Waals surface area contributed by atoms with E-state index in [0.717, 1.165) is 31.7 Å². The maximum atomic E-state index is 5.49. The quantitative estimate of drug-likeness (QED) is 0.830. The SMILES string of the molecule is COCCc1noc(CN2CCCc3occc3C2)n1. The molecule has 0 radical (unpaired) electrons. The third-order valence-electron chi connectivity index (χ3n) is 3.51. The molecule has 0 atom stereocenters. The van der Waals surface area contributed by atoms with Crippen LogP contribution in [0.1, 0.15) is 29.5 Å². The van der Waals surface area contributed by atoms with E-state index >= 15 is 0 Å². The standard InChI is InChI=1S/C14H19N3O3/c1-18-7-5-13-15-14(20-16-13)10-17-6-2-3-12-11(9-17)4-8-19-12/h4,8H,2-3,5-7,9-10H2,1H3. The van der Waals surface area contributed by atoms with Crippen molar-refractivity contribution >= 4 is 0 Å². The van der Waals surface area contributed by atoms with Crippen molar-refractivity contribution in [3.8, 4) is 0 Å².